The maximum absolute atomic E-state index is 12.3. The van der Waals surface area contributed by atoms with Gasteiger partial charge in [-0.1, -0.05) is 91.0 Å². The van der Waals surface area contributed by atoms with Crippen molar-refractivity contribution in [3.63, 3.8) is 0 Å². The quantitative estimate of drug-likeness (QED) is 0.101. The molecule has 4 N–H and O–H groups in total. The van der Waals surface area contributed by atoms with Gasteiger partial charge in [0.2, 0.25) is 11.8 Å². The van der Waals surface area contributed by atoms with Crippen LogP contribution in [-0.4, -0.2) is 70.8 Å². The average molecular weight is 693 g/mol. The van der Waals surface area contributed by atoms with Gasteiger partial charge in [-0.3, -0.25) is 24.6 Å². The highest BCUT2D eigenvalue weighted by molar-refractivity contribution is 5.78. The summed E-state index contributed by atoms with van der Waals surface area (Å²) < 4.78 is 13.4. The van der Waals surface area contributed by atoms with Crippen LogP contribution >= 0.6 is 0 Å². The molecule has 10 heteroatoms. The van der Waals surface area contributed by atoms with Gasteiger partial charge in [0.15, 0.2) is 6.29 Å². The number of carbonyl (C=O) groups is 2. The Labute approximate surface area is 300 Å². The third-order valence-corrected chi connectivity index (χ3v) is 9.63. The minimum atomic E-state index is -0.555. The molecule has 2 fully saturated rings. The van der Waals surface area contributed by atoms with E-state index in [2.05, 4.69) is 63.6 Å². The van der Waals surface area contributed by atoms with E-state index in [-0.39, 0.29) is 37.6 Å². The Morgan fingerprint density at radius 3 is 2.14 bits per heavy atom. The Morgan fingerprint density at radius 1 is 0.706 bits per heavy atom. The van der Waals surface area contributed by atoms with Crippen molar-refractivity contribution in [2.75, 3.05) is 32.7 Å². The Bertz CT molecular complexity index is 1710. The molecule has 2 amide bonds. The normalized spacial score (nSPS) is 19.8. The zero-order valence-corrected chi connectivity index (χ0v) is 29.0. The molecule has 2 heterocycles. The number of carbonyl (C=O) groups excluding carboxylic acids is 2. The van der Waals surface area contributed by atoms with Crippen molar-refractivity contribution in [3.8, 4) is 11.1 Å². The maximum Gasteiger partial charge on any atom is 0.243 e. The standard InChI is InChI=1S/C41H48N4O6/c46-29-31-15-17-33(18-16-31)38-25-37(28-45-21-19-44(20-22-45)27-30-7-2-1-3-8-30)50-41(51-38)36-12-5-11-35(24-36)34-10-4-9-32(23-34)26-42-39(47)13-6-14-40(48)43-49/h1-5,7-12,15-18,23-24,37-38,41,46,49H,6,13-14,19-22,25-29H2,(H,42,47)(H,43,48). The Hall–Kier alpha value is -4.42. The molecule has 268 valence electrons. The number of hydroxylamine groups is 1. The van der Waals surface area contributed by atoms with Gasteiger partial charge in [-0.25, -0.2) is 5.48 Å². The summed E-state index contributed by atoms with van der Waals surface area (Å²) in [6.45, 7) is 6.17. The molecular weight excluding hydrogens is 644 g/mol. The predicted octanol–water partition coefficient (Wildman–Crippen LogP) is 5.50. The smallest absolute Gasteiger partial charge is 0.243 e. The summed E-state index contributed by atoms with van der Waals surface area (Å²) >= 11 is 0. The Morgan fingerprint density at radius 2 is 1.39 bits per heavy atom. The molecule has 2 aliphatic heterocycles. The van der Waals surface area contributed by atoms with Crippen LogP contribution in [0, 0.1) is 0 Å². The highest BCUT2D eigenvalue weighted by atomic mass is 16.7. The molecular formula is C41H48N4O6. The van der Waals surface area contributed by atoms with E-state index in [4.69, 9.17) is 14.7 Å². The van der Waals surface area contributed by atoms with Crippen LogP contribution in [-0.2, 0) is 38.8 Å². The Balaban J connectivity index is 1.12. The summed E-state index contributed by atoms with van der Waals surface area (Å²) in [5.41, 5.74) is 8.80. The highest BCUT2D eigenvalue weighted by Crippen LogP contribution is 2.39. The van der Waals surface area contributed by atoms with Crippen molar-refractivity contribution in [2.45, 2.75) is 63.9 Å². The van der Waals surface area contributed by atoms with Gasteiger partial charge in [0.25, 0.3) is 0 Å². The number of aliphatic hydroxyl groups excluding tert-OH is 1. The first kappa shape index (κ1) is 36.4. The van der Waals surface area contributed by atoms with Crippen molar-refractivity contribution in [3.05, 3.63) is 131 Å². The van der Waals surface area contributed by atoms with Gasteiger partial charge in [0, 0.05) is 70.6 Å². The highest BCUT2D eigenvalue weighted by Gasteiger charge is 2.34. The molecule has 0 aromatic heterocycles. The number of hydrogen-bond acceptors (Lipinski definition) is 8. The first-order chi connectivity index (χ1) is 24.9. The maximum atomic E-state index is 12.3. The van der Waals surface area contributed by atoms with E-state index in [1.807, 2.05) is 54.6 Å². The number of benzene rings is 4. The number of rotatable bonds is 14. The van der Waals surface area contributed by atoms with Crippen LogP contribution in [0.5, 0.6) is 0 Å². The fraction of sp³-hybridized carbons (Fsp3) is 0.366. The first-order valence-electron chi connectivity index (χ1n) is 17.8. The lowest BCUT2D eigenvalue weighted by molar-refractivity contribution is -0.253. The largest absolute Gasteiger partial charge is 0.392 e. The zero-order valence-electron chi connectivity index (χ0n) is 29.0. The molecule has 0 radical (unpaired) electrons. The summed E-state index contributed by atoms with van der Waals surface area (Å²) in [6, 6.07) is 35.0. The minimum absolute atomic E-state index is 0.00227. The van der Waals surface area contributed by atoms with Crippen LogP contribution in [0.3, 0.4) is 0 Å². The number of nitrogens with zero attached hydrogens (tertiary/aromatic N) is 2. The van der Waals surface area contributed by atoms with Gasteiger partial charge in [0.1, 0.15) is 0 Å². The van der Waals surface area contributed by atoms with Crippen molar-refractivity contribution in [1.82, 2.24) is 20.6 Å². The van der Waals surface area contributed by atoms with Gasteiger partial charge in [-0.05, 0) is 51.9 Å². The van der Waals surface area contributed by atoms with Crippen LogP contribution in [0.1, 0.15) is 65.9 Å². The number of nitrogens with one attached hydrogen (secondary N) is 2. The first-order valence-corrected chi connectivity index (χ1v) is 17.8. The number of ether oxygens (including phenoxy) is 2. The van der Waals surface area contributed by atoms with Crippen LogP contribution < -0.4 is 10.8 Å². The topological polar surface area (TPSA) is 124 Å². The fourth-order valence-corrected chi connectivity index (χ4v) is 6.77. The number of piperazine rings is 1. The molecule has 0 bridgehead atoms. The summed E-state index contributed by atoms with van der Waals surface area (Å²) in [5, 5.41) is 21.2. The summed E-state index contributed by atoms with van der Waals surface area (Å²) in [4.78, 5) is 28.5. The van der Waals surface area contributed by atoms with Gasteiger partial charge >= 0.3 is 0 Å². The zero-order chi connectivity index (χ0) is 35.4. The van der Waals surface area contributed by atoms with Crippen LogP contribution in [0.2, 0.25) is 0 Å². The van der Waals surface area contributed by atoms with E-state index in [1.54, 1.807) is 5.48 Å². The van der Waals surface area contributed by atoms with E-state index < -0.39 is 12.2 Å². The van der Waals surface area contributed by atoms with Gasteiger partial charge in [0.05, 0.1) is 18.8 Å². The van der Waals surface area contributed by atoms with Crippen molar-refractivity contribution >= 4 is 11.8 Å². The molecule has 4 aromatic carbocycles. The lowest BCUT2D eigenvalue weighted by atomic mass is 9.98. The van der Waals surface area contributed by atoms with Crippen molar-refractivity contribution in [2.24, 2.45) is 0 Å². The molecule has 2 aliphatic rings. The van der Waals surface area contributed by atoms with Gasteiger partial charge in [-0.2, -0.15) is 0 Å². The van der Waals surface area contributed by atoms with E-state index in [9.17, 15) is 14.7 Å². The third kappa shape index (κ3) is 10.6. The van der Waals surface area contributed by atoms with Crippen LogP contribution in [0.4, 0.5) is 0 Å². The van der Waals surface area contributed by atoms with Crippen molar-refractivity contribution in [1.29, 1.82) is 0 Å². The van der Waals surface area contributed by atoms with E-state index in [1.165, 1.54) is 5.56 Å². The summed E-state index contributed by atoms with van der Waals surface area (Å²) in [6.07, 6.45) is 0.650. The third-order valence-electron chi connectivity index (χ3n) is 9.63. The van der Waals surface area contributed by atoms with E-state index >= 15 is 0 Å². The molecule has 6 rings (SSSR count). The fourth-order valence-electron chi connectivity index (χ4n) is 6.77. The molecule has 2 saturated heterocycles. The van der Waals surface area contributed by atoms with E-state index in [0.717, 1.165) is 79.1 Å². The molecule has 0 aliphatic carbocycles. The summed E-state index contributed by atoms with van der Waals surface area (Å²) in [7, 11) is 0. The molecule has 10 nitrogen and oxygen atoms in total. The molecule has 3 unspecified atom stereocenters. The van der Waals surface area contributed by atoms with Crippen LogP contribution in [0.25, 0.3) is 11.1 Å². The monoisotopic (exact) mass is 692 g/mol. The number of aliphatic hydroxyl groups is 1. The van der Waals surface area contributed by atoms with Crippen molar-refractivity contribution < 1.29 is 29.4 Å². The second kappa shape index (κ2) is 18.2. The average Bonchev–Trinajstić information content (AvgIpc) is 3.18. The molecule has 51 heavy (non-hydrogen) atoms. The number of hydrogen-bond donors (Lipinski definition) is 4. The molecule has 0 spiro atoms. The summed E-state index contributed by atoms with van der Waals surface area (Å²) in [5.74, 6) is -0.651. The Kier molecular flexibility index (Phi) is 13.0. The van der Waals surface area contributed by atoms with Gasteiger partial charge in [-0.15, -0.1) is 0 Å². The second-order valence-corrected chi connectivity index (χ2v) is 13.4. The lowest BCUT2D eigenvalue weighted by Gasteiger charge is -2.41. The molecule has 0 saturated carbocycles. The lowest BCUT2D eigenvalue weighted by Crippen LogP contribution is -2.49. The number of amides is 2. The second-order valence-electron chi connectivity index (χ2n) is 13.4. The molecule has 3 atom stereocenters. The van der Waals surface area contributed by atoms with Gasteiger partial charge < -0.3 is 19.9 Å². The molecule has 4 aromatic rings. The van der Waals surface area contributed by atoms with Crippen LogP contribution in [0.15, 0.2) is 103 Å². The SMILES string of the molecule is O=C(CCCC(=O)NCc1cccc(-c2cccc(C3OC(CN4CCN(Cc5ccccc5)CC4)CC(c4ccc(CO)cc4)O3)c2)c1)NO. The van der Waals surface area contributed by atoms with E-state index in [0.29, 0.717) is 13.0 Å². The predicted molar refractivity (Wildman–Crippen MR) is 194 cm³/mol. The minimum Gasteiger partial charge on any atom is -0.392 e.